The molecule has 0 spiro atoms. The molecule has 38 heavy (non-hydrogen) atoms. The fraction of sp³-hybridized carbons (Fsp3) is 0. The van der Waals surface area contributed by atoms with Gasteiger partial charge >= 0.3 is 0 Å². The third-order valence-electron chi connectivity index (χ3n) is 7.19. The van der Waals surface area contributed by atoms with Gasteiger partial charge in [0.15, 0.2) is 0 Å². The second kappa shape index (κ2) is 9.07. The molecule has 3 nitrogen and oxygen atoms in total. The van der Waals surface area contributed by atoms with Crippen LogP contribution in [0.2, 0.25) is 0 Å². The molecule has 0 fully saturated rings. The summed E-state index contributed by atoms with van der Waals surface area (Å²) >= 11 is 1.64. The van der Waals surface area contributed by atoms with Crippen LogP contribution in [-0.4, -0.2) is 14.1 Å². The molecule has 183 valence electrons. The average molecular weight is 683 g/mol. The molecule has 5 heteroatoms. The van der Waals surface area contributed by atoms with Crippen LogP contribution in [0, 0.1) is 6.07 Å². The summed E-state index contributed by atoms with van der Waals surface area (Å²) in [6.45, 7) is 0. The van der Waals surface area contributed by atoms with Crippen molar-refractivity contribution in [1.82, 2.24) is 14.1 Å². The summed E-state index contributed by atoms with van der Waals surface area (Å²) in [5.41, 5.74) is 8.08. The number of thiazole rings is 1. The molecule has 0 saturated heterocycles. The van der Waals surface area contributed by atoms with Crippen molar-refractivity contribution >= 4 is 54.9 Å². The Kier molecular flexibility index (Phi) is 5.52. The van der Waals surface area contributed by atoms with Crippen molar-refractivity contribution in [3.05, 3.63) is 127 Å². The van der Waals surface area contributed by atoms with Gasteiger partial charge in [0, 0.05) is 63.9 Å². The Bertz CT molecular complexity index is 2090. The second-order valence-electron chi connectivity index (χ2n) is 9.22. The van der Waals surface area contributed by atoms with Gasteiger partial charge in [-0.05, 0) is 42.1 Å². The summed E-state index contributed by atoms with van der Waals surface area (Å²) in [6, 6.07) is 42.5. The Labute approximate surface area is 237 Å². The van der Waals surface area contributed by atoms with Crippen molar-refractivity contribution in [2.24, 2.45) is 0 Å². The molecule has 8 rings (SSSR count). The van der Waals surface area contributed by atoms with E-state index < -0.39 is 0 Å². The molecule has 0 aliphatic heterocycles. The van der Waals surface area contributed by atoms with Gasteiger partial charge in [-0.1, -0.05) is 54.6 Å². The van der Waals surface area contributed by atoms with Gasteiger partial charge in [-0.15, -0.1) is 29.8 Å². The van der Waals surface area contributed by atoms with E-state index in [4.69, 9.17) is 0 Å². The summed E-state index contributed by atoms with van der Waals surface area (Å²) in [7, 11) is 0. The molecule has 3 heterocycles. The molecule has 0 saturated carbocycles. The van der Waals surface area contributed by atoms with Gasteiger partial charge in [0.2, 0.25) is 0 Å². The first-order valence-electron chi connectivity index (χ1n) is 12.3. The van der Waals surface area contributed by atoms with Crippen LogP contribution in [0.25, 0.3) is 65.6 Å². The van der Waals surface area contributed by atoms with E-state index in [1.807, 2.05) is 17.6 Å². The van der Waals surface area contributed by atoms with E-state index in [-0.39, 0.29) is 20.1 Å². The number of hydrogen-bond acceptors (Lipinski definition) is 2. The van der Waals surface area contributed by atoms with Crippen LogP contribution in [0.1, 0.15) is 0 Å². The number of fused-ring (bicyclic) bond motifs is 6. The maximum atomic E-state index is 4.52. The van der Waals surface area contributed by atoms with Crippen LogP contribution in [0.5, 0.6) is 0 Å². The fourth-order valence-electron chi connectivity index (χ4n) is 5.64. The predicted octanol–water partition coefficient (Wildman–Crippen LogP) is 8.80. The first-order chi connectivity index (χ1) is 18.4. The zero-order chi connectivity index (χ0) is 24.3. The van der Waals surface area contributed by atoms with E-state index in [1.165, 1.54) is 43.6 Å². The number of hydrogen-bond donors (Lipinski definition) is 0. The summed E-state index contributed by atoms with van der Waals surface area (Å²) in [4.78, 5) is 4.52. The van der Waals surface area contributed by atoms with Crippen molar-refractivity contribution in [3.63, 3.8) is 0 Å². The minimum absolute atomic E-state index is 0. The largest absolute Gasteiger partial charge is 0.327 e. The van der Waals surface area contributed by atoms with Gasteiger partial charge in [0.05, 0.1) is 22.1 Å². The summed E-state index contributed by atoms with van der Waals surface area (Å²) in [5.74, 6) is 0. The van der Waals surface area contributed by atoms with Crippen LogP contribution in [0.4, 0.5) is 0 Å². The van der Waals surface area contributed by atoms with Gasteiger partial charge in [0.25, 0.3) is 0 Å². The first kappa shape index (κ1) is 23.1. The Hall–Kier alpha value is -4.02. The molecular weight excluding hydrogens is 663 g/mol. The molecule has 5 aromatic carbocycles. The second-order valence-corrected chi connectivity index (χ2v) is 10.1. The van der Waals surface area contributed by atoms with Crippen LogP contribution < -0.4 is 0 Å². The van der Waals surface area contributed by atoms with E-state index in [0.29, 0.717) is 0 Å². The Balaban J connectivity index is 0.00000242. The molecule has 0 aliphatic rings. The zero-order valence-electron chi connectivity index (χ0n) is 20.1. The van der Waals surface area contributed by atoms with Crippen LogP contribution >= 0.6 is 11.3 Å². The van der Waals surface area contributed by atoms with E-state index in [0.717, 1.165) is 21.9 Å². The summed E-state index contributed by atoms with van der Waals surface area (Å²) in [6.07, 6.45) is 1.85. The van der Waals surface area contributed by atoms with Crippen molar-refractivity contribution < 1.29 is 20.1 Å². The average Bonchev–Trinajstić information content (AvgIpc) is 3.68. The summed E-state index contributed by atoms with van der Waals surface area (Å²) < 4.78 is 4.76. The molecule has 1 radical (unpaired) electrons. The Morgan fingerprint density at radius 3 is 1.87 bits per heavy atom. The van der Waals surface area contributed by atoms with Gasteiger partial charge in [-0.25, -0.2) is 0 Å². The van der Waals surface area contributed by atoms with Crippen LogP contribution in [0.15, 0.2) is 121 Å². The minimum Gasteiger partial charge on any atom is -0.327 e. The molecular formula is C33H20IrN3S-. The third kappa shape index (κ3) is 3.40. The maximum Gasteiger partial charge on any atom is 0.0562 e. The van der Waals surface area contributed by atoms with Crippen molar-refractivity contribution in [2.75, 3.05) is 0 Å². The number of benzene rings is 5. The molecule has 3 aromatic heterocycles. The third-order valence-corrected chi connectivity index (χ3v) is 7.99. The molecule has 0 atom stereocenters. The van der Waals surface area contributed by atoms with E-state index >= 15 is 0 Å². The molecule has 8 aromatic rings. The van der Waals surface area contributed by atoms with Gasteiger partial charge < -0.3 is 9.13 Å². The van der Waals surface area contributed by atoms with Crippen molar-refractivity contribution in [2.45, 2.75) is 0 Å². The first-order valence-corrected chi connectivity index (χ1v) is 13.2. The molecule has 0 N–H and O–H groups in total. The number of rotatable bonds is 3. The van der Waals surface area contributed by atoms with Crippen LogP contribution in [0.3, 0.4) is 0 Å². The summed E-state index contributed by atoms with van der Waals surface area (Å²) in [5, 5.41) is 8.02. The Morgan fingerprint density at radius 1 is 0.579 bits per heavy atom. The quantitative estimate of drug-likeness (QED) is 0.171. The standard InChI is InChI=1S/C33H20N3S.Ir/c1-2-10-23(11-3-1)35-29-15-6-4-13-25(29)27-20-28-26-14-5-7-16-30(26)36(32(28)21-31(27)35)24-12-8-9-22(19-24)33-34-17-18-37-33;/h1-8,10-21H;/q-1;. The number of aromatic nitrogens is 3. The number of para-hydroxylation sites is 3. The maximum absolute atomic E-state index is 4.52. The zero-order valence-corrected chi connectivity index (χ0v) is 23.3. The van der Waals surface area contributed by atoms with Gasteiger partial charge in [0.1, 0.15) is 0 Å². The van der Waals surface area contributed by atoms with Crippen molar-refractivity contribution in [3.8, 4) is 21.9 Å². The minimum atomic E-state index is 0. The van der Waals surface area contributed by atoms with E-state index in [2.05, 4.69) is 123 Å². The van der Waals surface area contributed by atoms with E-state index in [1.54, 1.807) is 11.3 Å². The van der Waals surface area contributed by atoms with E-state index in [9.17, 15) is 0 Å². The van der Waals surface area contributed by atoms with Crippen molar-refractivity contribution in [1.29, 1.82) is 0 Å². The van der Waals surface area contributed by atoms with Gasteiger partial charge in [-0.2, -0.15) is 11.3 Å². The topological polar surface area (TPSA) is 22.8 Å². The normalized spacial score (nSPS) is 11.5. The van der Waals surface area contributed by atoms with Gasteiger partial charge in [-0.3, -0.25) is 4.98 Å². The molecule has 0 amide bonds. The molecule has 0 unspecified atom stereocenters. The predicted molar refractivity (Wildman–Crippen MR) is 155 cm³/mol. The molecule has 0 bridgehead atoms. The number of nitrogens with zero attached hydrogens (tertiary/aromatic N) is 3. The molecule has 0 aliphatic carbocycles. The SMILES string of the molecule is [Ir].[c-]1ccc(-n2c3ccccc3c3cc4c5ccccc5n(-c5ccccc5)c4cc32)cc1-c1nccs1. The smallest absolute Gasteiger partial charge is 0.0562 e. The monoisotopic (exact) mass is 683 g/mol. The fourth-order valence-corrected chi connectivity index (χ4v) is 6.26. The van der Waals surface area contributed by atoms with Crippen LogP contribution in [-0.2, 0) is 20.1 Å². The Morgan fingerprint density at radius 2 is 1.21 bits per heavy atom.